The summed E-state index contributed by atoms with van der Waals surface area (Å²) in [6.07, 6.45) is 0. The van der Waals surface area contributed by atoms with E-state index in [2.05, 4.69) is 17.2 Å². The van der Waals surface area contributed by atoms with Crippen LogP contribution in [0.2, 0.25) is 0 Å². The monoisotopic (exact) mass is 301 g/mol. The van der Waals surface area contributed by atoms with Gasteiger partial charge in [-0.25, -0.2) is 8.78 Å². The molecule has 0 radical (unpaired) electrons. The number of ether oxygens (including phenoxy) is 1. The highest BCUT2D eigenvalue weighted by Crippen LogP contribution is 2.11. The largest absolute Gasteiger partial charge is 0.497 e. The minimum atomic E-state index is -0.902. The smallest absolute Gasteiger partial charge is 0.258 e. The third kappa shape index (κ3) is 3.83. The summed E-state index contributed by atoms with van der Waals surface area (Å²) in [4.78, 5) is 11.7. The Morgan fingerprint density at radius 3 is 2.36 bits per heavy atom. The Labute approximate surface area is 126 Å². The number of hydrogen-bond acceptors (Lipinski definition) is 2. The number of halogens is 2. The first-order valence-electron chi connectivity index (χ1n) is 6.47. The van der Waals surface area contributed by atoms with Crippen molar-refractivity contribution in [3.8, 4) is 17.6 Å². The molecule has 2 aromatic rings. The van der Waals surface area contributed by atoms with Gasteiger partial charge in [-0.15, -0.1) is 0 Å². The molecule has 0 saturated heterocycles. The van der Waals surface area contributed by atoms with Crippen molar-refractivity contribution in [1.82, 2.24) is 5.32 Å². The maximum absolute atomic E-state index is 13.4. The lowest BCUT2D eigenvalue weighted by molar-refractivity contribution is 0.0950. The fourth-order valence-corrected chi connectivity index (χ4v) is 1.75. The molecular weight excluding hydrogens is 288 g/mol. The molecule has 0 unspecified atom stereocenters. The van der Waals surface area contributed by atoms with E-state index in [1.807, 2.05) is 0 Å². The second kappa shape index (κ2) is 7.23. The molecule has 0 spiro atoms. The van der Waals surface area contributed by atoms with Crippen LogP contribution in [0.1, 0.15) is 15.9 Å². The average molecular weight is 301 g/mol. The topological polar surface area (TPSA) is 38.3 Å². The van der Waals surface area contributed by atoms with E-state index in [0.717, 1.165) is 17.7 Å². The van der Waals surface area contributed by atoms with Crippen LogP contribution in [0.5, 0.6) is 5.75 Å². The first kappa shape index (κ1) is 15.5. The lowest BCUT2D eigenvalue weighted by atomic mass is 10.2. The minimum Gasteiger partial charge on any atom is -0.497 e. The Kier molecular flexibility index (Phi) is 5.10. The van der Waals surface area contributed by atoms with E-state index in [4.69, 9.17) is 4.74 Å². The Morgan fingerprint density at radius 1 is 1.14 bits per heavy atom. The Morgan fingerprint density at radius 2 is 1.77 bits per heavy atom. The Balaban J connectivity index is 1.96. The van der Waals surface area contributed by atoms with Gasteiger partial charge < -0.3 is 10.1 Å². The van der Waals surface area contributed by atoms with Gasteiger partial charge in [-0.05, 0) is 36.4 Å². The predicted octanol–water partition coefficient (Wildman–Crippen LogP) is 2.75. The van der Waals surface area contributed by atoms with Gasteiger partial charge in [0.2, 0.25) is 0 Å². The summed E-state index contributed by atoms with van der Waals surface area (Å²) in [6, 6.07) is 10.3. The number of amides is 1. The zero-order chi connectivity index (χ0) is 15.9. The summed E-state index contributed by atoms with van der Waals surface area (Å²) >= 11 is 0. The van der Waals surface area contributed by atoms with Crippen molar-refractivity contribution in [2.75, 3.05) is 13.7 Å². The molecule has 22 heavy (non-hydrogen) atoms. The van der Waals surface area contributed by atoms with E-state index in [1.54, 1.807) is 31.4 Å². The molecule has 0 aliphatic carbocycles. The number of hydrogen-bond donors (Lipinski definition) is 1. The predicted molar refractivity (Wildman–Crippen MR) is 78.6 cm³/mol. The summed E-state index contributed by atoms with van der Waals surface area (Å²) in [6.45, 7) is -0.0152. The summed E-state index contributed by atoms with van der Waals surface area (Å²) in [7, 11) is 1.57. The maximum atomic E-state index is 13.4. The lowest BCUT2D eigenvalue weighted by Crippen LogP contribution is -2.25. The normalized spacial score (nSPS) is 9.59. The van der Waals surface area contributed by atoms with Crippen LogP contribution < -0.4 is 10.1 Å². The van der Waals surface area contributed by atoms with Crippen molar-refractivity contribution in [3.63, 3.8) is 0 Å². The SMILES string of the molecule is COc1ccc(C#CCNC(=O)c2c(F)cccc2F)cc1. The molecule has 0 atom stereocenters. The van der Waals surface area contributed by atoms with E-state index in [0.29, 0.717) is 5.75 Å². The second-order valence-electron chi connectivity index (χ2n) is 4.31. The van der Waals surface area contributed by atoms with Gasteiger partial charge in [0.05, 0.1) is 13.7 Å². The van der Waals surface area contributed by atoms with Crippen LogP contribution in [-0.4, -0.2) is 19.6 Å². The number of rotatable bonds is 3. The first-order chi connectivity index (χ1) is 10.6. The van der Waals surface area contributed by atoms with Crippen molar-refractivity contribution in [3.05, 3.63) is 65.2 Å². The summed E-state index contributed by atoms with van der Waals surface area (Å²) < 4.78 is 31.8. The maximum Gasteiger partial charge on any atom is 0.258 e. The van der Waals surface area contributed by atoms with Gasteiger partial charge in [-0.1, -0.05) is 17.9 Å². The van der Waals surface area contributed by atoms with E-state index in [1.165, 1.54) is 6.07 Å². The number of carbonyl (C=O) groups is 1. The molecule has 0 aliphatic heterocycles. The van der Waals surface area contributed by atoms with Crippen LogP contribution >= 0.6 is 0 Å². The van der Waals surface area contributed by atoms with Gasteiger partial charge >= 0.3 is 0 Å². The number of methoxy groups -OCH3 is 1. The Hall–Kier alpha value is -2.87. The van der Waals surface area contributed by atoms with Crippen LogP contribution in [-0.2, 0) is 0 Å². The van der Waals surface area contributed by atoms with Gasteiger partial charge in [0.1, 0.15) is 22.9 Å². The molecular formula is C17H13F2NO2. The fraction of sp³-hybridized carbons (Fsp3) is 0.118. The first-order valence-corrected chi connectivity index (χ1v) is 6.47. The van der Waals surface area contributed by atoms with Crippen molar-refractivity contribution < 1.29 is 18.3 Å². The highest BCUT2D eigenvalue weighted by Gasteiger charge is 2.15. The van der Waals surface area contributed by atoms with Crippen molar-refractivity contribution in [1.29, 1.82) is 0 Å². The van der Waals surface area contributed by atoms with Gasteiger partial charge in [-0.3, -0.25) is 4.79 Å². The fourth-order valence-electron chi connectivity index (χ4n) is 1.75. The van der Waals surface area contributed by atoms with Gasteiger partial charge in [0.15, 0.2) is 0 Å². The highest BCUT2D eigenvalue weighted by atomic mass is 19.1. The average Bonchev–Trinajstić information content (AvgIpc) is 2.52. The van der Waals surface area contributed by atoms with Gasteiger partial charge in [0, 0.05) is 5.56 Å². The molecule has 0 aliphatic rings. The minimum absolute atomic E-state index is 0.0152. The van der Waals surface area contributed by atoms with Crippen LogP contribution in [0.25, 0.3) is 0 Å². The van der Waals surface area contributed by atoms with Crippen LogP contribution in [0.3, 0.4) is 0 Å². The van der Waals surface area contributed by atoms with Crippen molar-refractivity contribution in [2.24, 2.45) is 0 Å². The molecule has 1 amide bonds. The number of nitrogens with one attached hydrogen (secondary N) is 1. The van der Waals surface area contributed by atoms with Gasteiger partial charge in [-0.2, -0.15) is 0 Å². The molecule has 5 heteroatoms. The molecule has 112 valence electrons. The van der Waals surface area contributed by atoms with Crippen molar-refractivity contribution in [2.45, 2.75) is 0 Å². The molecule has 1 N–H and O–H groups in total. The lowest BCUT2D eigenvalue weighted by Gasteiger charge is -2.03. The Bertz CT molecular complexity index is 710. The van der Waals surface area contributed by atoms with E-state index in [9.17, 15) is 13.6 Å². The zero-order valence-electron chi connectivity index (χ0n) is 11.8. The molecule has 2 rings (SSSR count). The number of carbonyl (C=O) groups excluding carboxylic acids is 1. The molecule has 0 saturated carbocycles. The standard InChI is InChI=1S/C17H13F2NO2/c1-22-13-9-7-12(8-10-13)4-3-11-20-17(21)16-14(18)5-2-6-15(16)19/h2,5-10H,11H2,1H3,(H,20,21). The number of benzene rings is 2. The highest BCUT2D eigenvalue weighted by molar-refractivity contribution is 5.94. The van der Waals surface area contributed by atoms with E-state index < -0.39 is 23.1 Å². The van der Waals surface area contributed by atoms with Gasteiger partial charge in [0.25, 0.3) is 5.91 Å². The summed E-state index contributed by atoms with van der Waals surface area (Å²) in [5.41, 5.74) is 0.140. The summed E-state index contributed by atoms with van der Waals surface area (Å²) in [5, 5.41) is 2.36. The quantitative estimate of drug-likeness (QED) is 0.885. The third-order valence-electron chi connectivity index (χ3n) is 2.85. The van der Waals surface area contributed by atoms with Crippen LogP contribution in [0, 0.1) is 23.5 Å². The van der Waals surface area contributed by atoms with E-state index >= 15 is 0 Å². The third-order valence-corrected chi connectivity index (χ3v) is 2.85. The van der Waals surface area contributed by atoms with Crippen LogP contribution in [0.15, 0.2) is 42.5 Å². The molecule has 0 bridgehead atoms. The molecule has 3 nitrogen and oxygen atoms in total. The molecule has 0 aromatic heterocycles. The van der Waals surface area contributed by atoms with Crippen molar-refractivity contribution >= 4 is 5.91 Å². The molecule has 0 heterocycles. The second-order valence-corrected chi connectivity index (χ2v) is 4.31. The summed E-state index contributed by atoms with van der Waals surface area (Å²) in [5.74, 6) is 3.61. The van der Waals surface area contributed by atoms with E-state index in [-0.39, 0.29) is 6.54 Å². The zero-order valence-corrected chi connectivity index (χ0v) is 11.8. The molecule has 0 fully saturated rings. The van der Waals surface area contributed by atoms with Crippen LogP contribution in [0.4, 0.5) is 8.78 Å². The molecule has 2 aromatic carbocycles.